The van der Waals surface area contributed by atoms with E-state index in [2.05, 4.69) is 21.8 Å². The Morgan fingerprint density at radius 2 is 1.96 bits per heavy atom. The van der Waals surface area contributed by atoms with Crippen molar-refractivity contribution in [2.45, 2.75) is 13.5 Å². The molecule has 0 N–H and O–H groups in total. The quantitative estimate of drug-likeness (QED) is 0.747. The number of carbonyl (C=O) groups excluding carboxylic acids is 1. The van der Waals surface area contributed by atoms with E-state index in [4.69, 9.17) is 21.1 Å². The van der Waals surface area contributed by atoms with Gasteiger partial charge in [0, 0.05) is 38.1 Å². The highest BCUT2D eigenvalue weighted by Gasteiger charge is 2.19. The van der Waals surface area contributed by atoms with Crippen LogP contribution in [0.2, 0.25) is 5.02 Å². The highest BCUT2D eigenvalue weighted by Crippen LogP contribution is 2.32. The molecule has 140 valence electrons. The average molecular weight is 378 g/mol. The van der Waals surface area contributed by atoms with E-state index in [1.807, 2.05) is 12.1 Å². The molecule has 0 spiro atoms. The maximum Gasteiger partial charge on any atom is 0.356 e. The average Bonchev–Trinajstić information content (AvgIpc) is 2.63. The SMILES string of the molecule is CCOC(=O)c1cc(CN2CCN(C)CC2)c2cc(OC)c(Cl)cc2n1. The van der Waals surface area contributed by atoms with Crippen LogP contribution in [0.4, 0.5) is 0 Å². The molecular weight excluding hydrogens is 354 g/mol. The Labute approximate surface area is 158 Å². The molecule has 1 saturated heterocycles. The van der Waals surface area contributed by atoms with Crippen LogP contribution < -0.4 is 4.74 Å². The zero-order valence-corrected chi connectivity index (χ0v) is 16.2. The molecule has 0 unspecified atom stereocenters. The number of likely N-dealkylation sites (N-methyl/N-ethyl adjacent to an activating group) is 1. The van der Waals surface area contributed by atoms with Crippen LogP contribution in [0.25, 0.3) is 10.9 Å². The van der Waals surface area contributed by atoms with Gasteiger partial charge in [0.2, 0.25) is 0 Å². The summed E-state index contributed by atoms with van der Waals surface area (Å²) in [6.45, 7) is 6.87. The monoisotopic (exact) mass is 377 g/mol. The van der Waals surface area contributed by atoms with E-state index < -0.39 is 5.97 Å². The summed E-state index contributed by atoms with van der Waals surface area (Å²) in [5.74, 6) is 0.186. The van der Waals surface area contributed by atoms with Gasteiger partial charge >= 0.3 is 5.97 Å². The van der Waals surface area contributed by atoms with Gasteiger partial charge in [-0.15, -0.1) is 0 Å². The van der Waals surface area contributed by atoms with Gasteiger partial charge in [0.1, 0.15) is 11.4 Å². The molecule has 1 fully saturated rings. The van der Waals surface area contributed by atoms with Crippen molar-refractivity contribution in [2.75, 3.05) is 46.9 Å². The molecule has 0 saturated carbocycles. The van der Waals surface area contributed by atoms with Crippen LogP contribution >= 0.6 is 11.6 Å². The van der Waals surface area contributed by atoms with Crippen molar-refractivity contribution < 1.29 is 14.3 Å². The van der Waals surface area contributed by atoms with Gasteiger partial charge in [0.05, 0.1) is 24.3 Å². The van der Waals surface area contributed by atoms with Crippen molar-refractivity contribution >= 4 is 28.5 Å². The number of aromatic nitrogens is 1. The number of ether oxygens (including phenoxy) is 2. The van der Waals surface area contributed by atoms with E-state index in [1.54, 1.807) is 20.1 Å². The van der Waals surface area contributed by atoms with Crippen LogP contribution in [-0.2, 0) is 11.3 Å². The second-order valence-corrected chi connectivity index (χ2v) is 6.88. The Balaban J connectivity index is 2.02. The predicted octanol–water partition coefficient (Wildman–Crippen LogP) is 2.82. The molecule has 1 aliphatic heterocycles. The lowest BCUT2D eigenvalue weighted by molar-refractivity contribution is 0.0519. The molecule has 0 atom stereocenters. The number of halogens is 1. The molecule has 1 aromatic heterocycles. The maximum atomic E-state index is 12.2. The van der Waals surface area contributed by atoms with Crippen molar-refractivity contribution in [3.8, 4) is 5.75 Å². The summed E-state index contributed by atoms with van der Waals surface area (Å²) in [6, 6.07) is 5.46. The number of piperazine rings is 1. The van der Waals surface area contributed by atoms with Crippen LogP contribution in [0, 0.1) is 0 Å². The standard InChI is InChI=1S/C19H24ClN3O3/c1-4-26-19(24)17-9-13(12-23-7-5-22(2)6-8-23)14-10-18(25-3)15(20)11-16(14)21-17/h9-11H,4-8,12H2,1-3H3. The normalized spacial score (nSPS) is 16.0. The number of nitrogens with zero attached hydrogens (tertiary/aromatic N) is 3. The molecule has 2 aromatic rings. The van der Waals surface area contributed by atoms with Crippen molar-refractivity contribution in [2.24, 2.45) is 0 Å². The number of benzene rings is 1. The second-order valence-electron chi connectivity index (χ2n) is 6.47. The number of carbonyl (C=O) groups is 1. The van der Waals surface area contributed by atoms with E-state index in [1.165, 1.54) is 0 Å². The minimum atomic E-state index is -0.416. The first-order valence-electron chi connectivity index (χ1n) is 8.77. The lowest BCUT2D eigenvalue weighted by Crippen LogP contribution is -2.43. The molecule has 7 heteroatoms. The van der Waals surface area contributed by atoms with E-state index >= 15 is 0 Å². The molecule has 6 nitrogen and oxygen atoms in total. The van der Waals surface area contributed by atoms with Gasteiger partial charge in [-0.2, -0.15) is 0 Å². The number of hydrogen-bond donors (Lipinski definition) is 0. The Morgan fingerprint density at radius 3 is 2.62 bits per heavy atom. The molecule has 0 bridgehead atoms. The number of methoxy groups -OCH3 is 1. The summed E-state index contributed by atoms with van der Waals surface area (Å²) >= 11 is 6.26. The third-order valence-electron chi connectivity index (χ3n) is 4.64. The van der Waals surface area contributed by atoms with Gasteiger partial charge in [0.15, 0.2) is 0 Å². The Morgan fingerprint density at radius 1 is 1.23 bits per heavy atom. The Bertz CT molecular complexity index is 804. The lowest BCUT2D eigenvalue weighted by atomic mass is 10.1. The van der Waals surface area contributed by atoms with E-state index in [0.717, 1.165) is 43.7 Å². The smallest absolute Gasteiger partial charge is 0.356 e. The molecule has 1 aromatic carbocycles. The molecule has 0 radical (unpaired) electrons. The van der Waals surface area contributed by atoms with Crippen molar-refractivity contribution in [3.05, 3.63) is 34.5 Å². The van der Waals surface area contributed by atoms with Gasteiger partial charge in [-0.05, 0) is 37.7 Å². The highest BCUT2D eigenvalue weighted by molar-refractivity contribution is 6.32. The molecule has 3 rings (SSSR count). The number of rotatable bonds is 5. The predicted molar refractivity (Wildman–Crippen MR) is 102 cm³/mol. The number of pyridine rings is 1. The minimum absolute atomic E-state index is 0.310. The number of fused-ring (bicyclic) bond motifs is 1. The zero-order chi connectivity index (χ0) is 18.7. The summed E-state index contributed by atoms with van der Waals surface area (Å²) in [7, 11) is 3.72. The number of hydrogen-bond acceptors (Lipinski definition) is 6. The fourth-order valence-corrected chi connectivity index (χ4v) is 3.38. The lowest BCUT2D eigenvalue weighted by Gasteiger charge is -2.32. The van der Waals surface area contributed by atoms with Crippen molar-refractivity contribution in [3.63, 3.8) is 0 Å². The Kier molecular flexibility index (Phi) is 5.96. The largest absolute Gasteiger partial charge is 0.495 e. The van der Waals surface area contributed by atoms with Crippen molar-refractivity contribution in [1.29, 1.82) is 0 Å². The topological polar surface area (TPSA) is 54.9 Å². The van der Waals surface area contributed by atoms with Crippen LogP contribution in [0.3, 0.4) is 0 Å². The van der Waals surface area contributed by atoms with Crippen LogP contribution in [0.15, 0.2) is 18.2 Å². The van der Waals surface area contributed by atoms with Gasteiger partial charge in [-0.25, -0.2) is 9.78 Å². The maximum absolute atomic E-state index is 12.2. The van der Waals surface area contributed by atoms with Gasteiger partial charge in [-0.1, -0.05) is 11.6 Å². The summed E-state index contributed by atoms with van der Waals surface area (Å²) in [5.41, 5.74) is 2.01. The highest BCUT2D eigenvalue weighted by atomic mass is 35.5. The van der Waals surface area contributed by atoms with Gasteiger partial charge < -0.3 is 14.4 Å². The summed E-state index contributed by atoms with van der Waals surface area (Å²) in [5, 5.41) is 1.41. The minimum Gasteiger partial charge on any atom is -0.495 e. The van der Waals surface area contributed by atoms with E-state index in [-0.39, 0.29) is 0 Å². The fraction of sp³-hybridized carbons (Fsp3) is 0.474. The molecular formula is C19H24ClN3O3. The summed E-state index contributed by atoms with van der Waals surface area (Å²) < 4.78 is 10.5. The van der Waals surface area contributed by atoms with E-state index in [0.29, 0.717) is 28.6 Å². The van der Waals surface area contributed by atoms with Crippen molar-refractivity contribution in [1.82, 2.24) is 14.8 Å². The van der Waals surface area contributed by atoms with Crippen LogP contribution in [0.1, 0.15) is 23.0 Å². The van der Waals surface area contributed by atoms with Gasteiger partial charge in [0.25, 0.3) is 0 Å². The zero-order valence-electron chi connectivity index (χ0n) is 15.4. The molecule has 26 heavy (non-hydrogen) atoms. The number of esters is 1. The molecule has 0 aliphatic carbocycles. The first-order valence-corrected chi connectivity index (χ1v) is 9.14. The third kappa shape index (κ3) is 4.09. The summed E-state index contributed by atoms with van der Waals surface area (Å²) in [6.07, 6.45) is 0. The second kappa shape index (κ2) is 8.20. The fourth-order valence-electron chi connectivity index (χ4n) is 3.14. The Hall–Kier alpha value is -1.89. The third-order valence-corrected chi connectivity index (χ3v) is 4.94. The summed E-state index contributed by atoms with van der Waals surface area (Å²) in [4.78, 5) is 21.4. The van der Waals surface area contributed by atoms with Crippen LogP contribution in [-0.4, -0.2) is 67.7 Å². The molecule has 1 aliphatic rings. The van der Waals surface area contributed by atoms with Crippen LogP contribution in [0.5, 0.6) is 5.75 Å². The van der Waals surface area contributed by atoms with E-state index in [9.17, 15) is 4.79 Å². The molecule has 2 heterocycles. The first-order chi connectivity index (χ1) is 12.5. The first kappa shape index (κ1) is 18.9. The molecule has 0 amide bonds. The van der Waals surface area contributed by atoms with Gasteiger partial charge in [-0.3, -0.25) is 4.90 Å².